The van der Waals surface area contributed by atoms with Crippen molar-refractivity contribution in [2.24, 2.45) is 11.7 Å². The standard InChI is InChI=1S/C27H31N3O/c1-19(2)18-30-15-16-31-26-24(30)17-23(20-7-4-3-5-8-20)25(29-26)21-9-11-22(12-10-21)27(28)13-6-14-27/h3-5,7-12,17,19H,6,13-16,18,28H2,1-2H3. The van der Waals surface area contributed by atoms with E-state index in [1.165, 1.54) is 17.5 Å². The molecule has 1 aliphatic carbocycles. The summed E-state index contributed by atoms with van der Waals surface area (Å²) in [4.78, 5) is 7.46. The Labute approximate surface area is 185 Å². The van der Waals surface area contributed by atoms with Crippen molar-refractivity contribution in [1.82, 2.24) is 4.98 Å². The molecule has 0 saturated heterocycles. The summed E-state index contributed by atoms with van der Waals surface area (Å²) in [5.74, 6) is 1.31. The number of fused-ring (bicyclic) bond motifs is 1. The normalized spacial score (nSPS) is 17.1. The number of hydrogen-bond donors (Lipinski definition) is 1. The van der Waals surface area contributed by atoms with Gasteiger partial charge >= 0.3 is 0 Å². The van der Waals surface area contributed by atoms with Crippen molar-refractivity contribution in [3.8, 4) is 28.3 Å². The first-order valence-corrected chi connectivity index (χ1v) is 11.4. The molecule has 0 bridgehead atoms. The molecule has 0 atom stereocenters. The van der Waals surface area contributed by atoms with Crippen LogP contribution in [0.1, 0.15) is 38.7 Å². The Bertz CT molecular complexity index is 1060. The molecule has 0 radical (unpaired) electrons. The van der Waals surface area contributed by atoms with Crippen LogP contribution in [0, 0.1) is 5.92 Å². The molecule has 2 heterocycles. The van der Waals surface area contributed by atoms with Crippen molar-refractivity contribution >= 4 is 5.69 Å². The third-order valence-electron chi connectivity index (χ3n) is 6.56. The zero-order chi connectivity index (χ0) is 21.4. The first-order chi connectivity index (χ1) is 15.0. The number of rotatable bonds is 5. The Kier molecular flexibility index (Phi) is 5.19. The van der Waals surface area contributed by atoms with Crippen molar-refractivity contribution in [2.75, 3.05) is 24.6 Å². The average Bonchev–Trinajstić information content (AvgIpc) is 2.77. The van der Waals surface area contributed by atoms with Gasteiger partial charge in [-0.25, -0.2) is 4.98 Å². The van der Waals surface area contributed by atoms with E-state index in [2.05, 4.69) is 79.4 Å². The van der Waals surface area contributed by atoms with Crippen molar-refractivity contribution in [1.29, 1.82) is 0 Å². The molecular weight excluding hydrogens is 382 g/mol. The van der Waals surface area contributed by atoms with E-state index in [0.717, 1.165) is 54.3 Å². The van der Waals surface area contributed by atoms with Crippen LogP contribution >= 0.6 is 0 Å². The van der Waals surface area contributed by atoms with Crippen LogP contribution in [0.2, 0.25) is 0 Å². The molecular formula is C27H31N3O. The fourth-order valence-corrected chi connectivity index (χ4v) is 4.69. The summed E-state index contributed by atoms with van der Waals surface area (Å²) in [6.45, 7) is 7.07. The highest BCUT2D eigenvalue weighted by Gasteiger charge is 2.34. The predicted octanol–water partition coefficient (Wildman–Crippen LogP) is 5.61. The Morgan fingerprint density at radius 1 is 1.03 bits per heavy atom. The molecule has 3 aromatic rings. The van der Waals surface area contributed by atoms with Crippen LogP contribution in [0.3, 0.4) is 0 Å². The van der Waals surface area contributed by atoms with Crippen LogP contribution in [-0.4, -0.2) is 24.7 Å². The van der Waals surface area contributed by atoms with Gasteiger partial charge < -0.3 is 15.4 Å². The summed E-state index contributed by atoms with van der Waals surface area (Å²) in [6, 6.07) is 21.5. The number of aromatic nitrogens is 1. The summed E-state index contributed by atoms with van der Waals surface area (Å²) >= 11 is 0. The number of hydrogen-bond acceptors (Lipinski definition) is 4. The Hall–Kier alpha value is -2.85. The second kappa shape index (κ2) is 8.01. The molecule has 4 nitrogen and oxygen atoms in total. The van der Waals surface area contributed by atoms with Gasteiger partial charge in [-0.1, -0.05) is 68.4 Å². The van der Waals surface area contributed by atoms with Crippen LogP contribution in [-0.2, 0) is 5.54 Å². The predicted molar refractivity (Wildman–Crippen MR) is 127 cm³/mol. The molecule has 160 valence electrons. The second-order valence-electron chi connectivity index (χ2n) is 9.35. The molecule has 1 aromatic heterocycles. The quantitative estimate of drug-likeness (QED) is 0.591. The first kappa shape index (κ1) is 20.1. The lowest BCUT2D eigenvalue weighted by molar-refractivity contribution is 0.253. The smallest absolute Gasteiger partial charge is 0.238 e. The maximum Gasteiger partial charge on any atom is 0.238 e. The monoisotopic (exact) mass is 413 g/mol. The zero-order valence-corrected chi connectivity index (χ0v) is 18.5. The molecule has 0 unspecified atom stereocenters. The molecule has 31 heavy (non-hydrogen) atoms. The maximum absolute atomic E-state index is 6.54. The van der Waals surface area contributed by atoms with Gasteiger partial charge in [-0.3, -0.25) is 0 Å². The fraction of sp³-hybridized carbons (Fsp3) is 0.370. The molecule has 1 aliphatic heterocycles. The largest absolute Gasteiger partial charge is 0.474 e. The van der Waals surface area contributed by atoms with E-state index in [-0.39, 0.29) is 5.54 Å². The van der Waals surface area contributed by atoms with E-state index in [9.17, 15) is 0 Å². The lowest BCUT2D eigenvalue weighted by Gasteiger charge is -2.38. The fourth-order valence-electron chi connectivity index (χ4n) is 4.69. The van der Waals surface area contributed by atoms with Crippen molar-refractivity contribution in [3.05, 3.63) is 66.2 Å². The average molecular weight is 414 g/mol. The minimum atomic E-state index is -0.148. The number of benzene rings is 2. The highest BCUT2D eigenvalue weighted by Crippen LogP contribution is 2.42. The van der Waals surface area contributed by atoms with Gasteiger partial charge in [0.05, 0.1) is 12.2 Å². The summed E-state index contributed by atoms with van der Waals surface area (Å²) in [5, 5.41) is 0. The molecule has 0 spiro atoms. The lowest BCUT2D eigenvalue weighted by Crippen LogP contribution is -2.43. The highest BCUT2D eigenvalue weighted by atomic mass is 16.5. The topological polar surface area (TPSA) is 51.4 Å². The summed E-state index contributed by atoms with van der Waals surface area (Å²) in [7, 11) is 0. The zero-order valence-electron chi connectivity index (χ0n) is 18.5. The van der Waals surface area contributed by atoms with Gasteiger partial charge in [-0.2, -0.15) is 0 Å². The van der Waals surface area contributed by atoms with Crippen LogP contribution in [0.15, 0.2) is 60.7 Å². The van der Waals surface area contributed by atoms with Crippen LogP contribution in [0.25, 0.3) is 22.4 Å². The lowest BCUT2D eigenvalue weighted by atomic mass is 9.72. The molecule has 4 heteroatoms. The minimum absolute atomic E-state index is 0.148. The molecule has 2 aromatic carbocycles. The third kappa shape index (κ3) is 3.81. The van der Waals surface area contributed by atoms with E-state index in [1.807, 2.05) is 0 Å². The highest BCUT2D eigenvalue weighted by molar-refractivity contribution is 5.85. The number of nitrogens with zero attached hydrogens (tertiary/aromatic N) is 2. The van der Waals surface area contributed by atoms with Gasteiger partial charge in [0.15, 0.2) is 0 Å². The van der Waals surface area contributed by atoms with E-state index in [4.69, 9.17) is 15.5 Å². The van der Waals surface area contributed by atoms with Crippen LogP contribution < -0.4 is 15.4 Å². The minimum Gasteiger partial charge on any atom is -0.474 e. The molecule has 1 saturated carbocycles. The summed E-state index contributed by atoms with van der Waals surface area (Å²) in [6.07, 6.45) is 3.35. The van der Waals surface area contributed by atoms with E-state index >= 15 is 0 Å². The SMILES string of the molecule is CC(C)CN1CCOc2nc(-c3ccc(C4(N)CCC4)cc3)c(-c3ccccc3)cc21. The number of pyridine rings is 1. The molecule has 5 rings (SSSR count). The Morgan fingerprint density at radius 3 is 2.42 bits per heavy atom. The van der Waals surface area contributed by atoms with Gasteiger partial charge in [0.2, 0.25) is 5.88 Å². The third-order valence-corrected chi connectivity index (χ3v) is 6.56. The summed E-state index contributed by atoms with van der Waals surface area (Å²) in [5.41, 5.74) is 13.1. The summed E-state index contributed by atoms with van der Waals surface area (Å²) < 4.78 is 6.02. The molecule has 2 N–H and O–H groups in total. The maximum atomic E-state index is 6.54. The van der Waals surface area contributed by atoms with Gasteiger partial charge in [-0.15, -0.1) is 0 Å². The van der Waals surface area contributed by atoms with Crippen LogP contribution in [0.4, 0.5) is 5.69 Å². The Balaban J connectivity index is 1.61. The van der Waals surface area contributed by atoms with Crippen molar-refractivity contribution < 1.29 is 4.74 Å². The van der Waals surface area contributed by atoms with Crippen molar-refractivity contribution in [2.45, 2.75) is 38.6 Å². The number of nitrogens with two attached hydrogens (primary N) is 1. The van der Waals surface area contributed by atoms with Gasteiger partial charge in [0.25, 0.3) is 0 Å². The van der Waals surface area contributed by atoms with Gasteiger partial charge in [0, 0.05) is 23.2 Å². The van der Waals surface area contributed by atoms with Crippen molar-refractivity contribution in [3.63, 3.8) is 0 Å². The molecule has 2 aliphatic rings. The second-order valence-corrected chi connectivity index (χ2v) is 9.35. The van der Waals surface area contributed by atoms with Crippen LogP contribution in [0.5, 0.6) is 5.88 Å². The first-order valence-electron chi connectivity index (χ1n) is 11.4. The van der Waals surface area contributed by atoms with E-state index < -0.39 is 0 Å². The van der Waals surface area contributed by atoms with E-state index in [0.29, 0.717) is 12.5 Å². The van der Waals surface area contributed by atoms with Gasteiger partial charge in [0.1, 0.15) is 12.3 Å². The molecule has 1 fully saturated rings. The van der Waals surface area contributed by atoms with E-state index in [1.54, 1.807) is 0 Å². The molecule has 0 amide bonds. The number of ether oxygens (including phenoxy) is 1. The number of anilines is 1. The van der Waals surface area contributed by atoms with Gasteiger partial charge in [-0.05, 0) is 42.4 Å². The Morgan fingerprint density at radius 2 is 1.77 bits per heavy atom.